The number of alkyl halides is 3. The van der Waals surface area contributed by atoms with E-state index < -0.39 is 18.0 Å². The van der Waals surface area contributed by atoms with Gasteiger partial charge in [-0.15, -0.1) is 0 Å². The molecule has 1 heterocycles. The first-order chi connectivity index (χ1) is 12.1. The quantitative estimate of drug-likeness (QED) is 0.592. The molecule has 1 aromatic heterocycles. The van der Waals surface area contributed by atoms with Crippen LogP contribution >= 0.6 is 11.8 Å². The average molecular weight is 386 g/mol. The number of rotatable bonds is 6. The molecule has 0 amide bonds. The number of para-hydroxylation sites is 1. The highest BCUT2D eigenvalue weighted by molar-refractivity contribution is 7.99. The summed E-state index contributed by atoms with van der Waals surface area (Å²) in [5.41, 5.74) is -0.0942. The van der Waals surface area contributed by atoms with Crippen LogP contribution in [0.2, 0.25) is 0 Å². The first-order valence-corrected chi connectivity index (χ1v) is 8.99. The summed E-state index contributed by atoms with van der Waals surface area (Å²) in [6.45, 7) is 6.21. The first-order valence-electron chi connectivity index (χ1n) is 8.01. The molecule has 26 heavy (non-hydrogen) atoms. The van der Waals surface area contributed by atoms with Crippen LogP contribution < -0.4 is 4.74 Å². The number of halogens is 3. The minimum absolute atomic E-state index is 0.0268. The fraction of sp³-hybridized carbons (Fsp3) is 0.444. The fourth-order valence-electron chi connectivity index (χ4n) is 2.19. The molecule has 8 heteroatoms. The van der Waals surface area contributed by atoms with Gasteiger partial charge in [-0.25, -0.2) is 9.97 Å². The van der Waals surface area contributed by atoms with Gasteiger partial charge in [0.05, 0.1) is 6.10 Å². The van der Waals surface area contributed by atoms with Gasteiger partial charge in [-0.05, 0) is 23.1 Å². The monoisotopic (exact) mass is 386 g/mol. The maximum absolute atomic E-state index is 12.6. The molecule has 4 nitrogen and oxygen atoms in total. The molecule has 0 bridgehead atoms. The Morgan fingerprint density at radius 2 is 1.85 bits per heavy atom. The molecule has 0 aliphatic carbocycles. The van der Waals surface area contributed by atoms with Crippen molar-refractivity contribution < 1.29 is 23.0 Å². The van der Waals surface area contributed by atoms with Gasteiger partial charge >= 0.3 is 6.18 Å². The number of benzene rings is 1. The number of hydrogen-bond donors (Lipinski definition) is 1. The number of thioether (sulfide) groups is 1. The van der Waals surface area contributed by atoms with Gasteiger partial charge in [0.15, 0.2) is 5.16 Å². The first kappa shape index (κ1) is 20.5. The van der Waals surface area contributed by atoms with E-state index in [9.17, 15) is 18.3 Å². The lowest BCUT2D eigenvalue weighted by molar-refractivity contribution is -0.141. The van der Waals surface area contributed by atoms with E-state index in [0.29, 0.717) is 5.75 Å². The second-order valence-corrected chi connectivity index (χ2v) is 7.73. The summed E-state index contributed by atoms with van der Waals surface area (Å²) < 4.78 is 43.6. The van der Waals surface area contributed by atoms with Crippen LogP contribution in [0.4, 0.5) is 13.2 Å². The summed E-state index contributed by atoms with van der Waals surface area (Å²) in [6.07, 6.45) is -4.33. The van der Waals surface area contributed by atoms with Crippen LogP contribution in [-0.2, 0) is 11.6 Å². The maximum atomic E-state index is 12.6. The van der Waals surface area contributed by atoms with Gasteiger partial charge in [-0.1, -0.05) is 50.7 Å². The van der Waals surface area contributed by atoms with Crippen molar-refractivity contribution in [2.24, 2.45) is 0 Å². The summed E-state index contributed by atoms with van der Waals surface area (Å²) >= 11 is 0.951. The number of nitrogens with zero attached hydrogens (tertiary/aromatic N) is 2. The molecule has 1 atom stereocenters. The zero-order valence-electron chi connectivity index (χ0n) is 14.7. The lowest BCUT2D eigenvalue weighted by atomic mass is 9.86. The summed E-state index contributed by atoms with van der Waals surface area (Å²) in [5, 5.41) is 10.0. The van der Waals surface area contributed by atoms with Crippen molar-refractivity contribution in [2.75, 3.05) is 12.4 Å². The third-order valence-electron chi connectivity index (χ3n) is 3.46. The van der Waals surface area contributed by atoms with Crippen LogP contribution in [0.25, 0.3) is 0 Å². The van der Waals surface area contributed by atoms with E-state index in [1.165, 1.54) is 0 Å². The number of aliphatic hydroxyl groups is 1. The van der Waals surface area contributed by atoms with Gasteiger partial charge in [0.2, 0.25) is 0 Å². The predicted octanol–water partition coefficient (Wildman–Crippen LogP) is 4.32. The van der Waals surface area contributed by atoms with Crippen molar-refractivity contribution in [1.82, 2.24) is 9.97 Å². The normalized spacial score (nSPS) is 13.5. The highest BCUT2D eigenvalue weighted by atomic mass is 32.2. The predicted molar refractivity (Wildman–Crippen MR) is 94.4 cm³/mol. The van der Waals surface area contributed by atoms with Gasteiger partial charge in [0.25, 0.3) is 0 Å². The number of hydrogen-bond acceptors (Lipinski definition) is 5. The molecule has 2 aromatic rings. The van der Waals surface area contributed by atoms with Gasteiger partial charge < -0.3 is 9.84 Å². The third kappa shape index (κ3) is 5.88. The van der Waals surface area contributed by atoms with E-state index in [-0.39, 0.29) is 22.9 Å². The highest BCUT2D eigenvalue weighted by Gasteiger charge is 2.32. The van der Waals surface area contributed by atoms with Gasteiger partial charge in [-0.3, -0.25) is 0 Å². The standard InChI is InChI=1S/C18H21F3N2O2S/c1-17(2,3)13-6-4-5-7-14(13)25-10-12(24)11-26-16-22-9-8-15(23-16)18(19,20)21/h4-9,12,24H,10-11H2,1-3H3. The zero-order chi connectivity index (χ0) is 19.4. The van der Waals surface area contributed by atoms with E-state index in [1.54, 1.807) is 0 Å². The van der Waals surface area contributed by atoms with Crippen molar-refractivity contribution >= 4 is 11.8 Å². The van der Waals surface area contributed by atoms with Crippen molar-refractivity contribution in [3.8, 4) is 5.75 Å². The summed E-state index contributed by atoms with van der Waals surface area (Å²) in [4.78, 5) is 7.25. The molecular formula is C18H21F3N2O2S. The lowest BCUT2D eigenvalue weighted by Gasteiger charge is -2.23. The Balaban J connectivity index is 1.92. The summed E-state index contributed by atoms with van der Waals surface area (Å²) in [7, 11) is 0. The molecule has 1 aromatic carbocycles. The Morgan fingerprint density at radius 3 is 2.50 bits per heavy atom. The van der Waals surface area contributed by atoms with Crippen molar-refractivity contribution in [3.05, 3.63) is 47.8 Å². The SMILES string of the molecule is CC(C)(C)c1ccccc1OCC(O)CSc1nccc(C(F)(F)F)n1. The third-order valence-corrected chi connectivity index (χ3v) is 4.46. The van der Waals surface area contributed by atoms with Crippen LogP contribution in [-0.4, -0.2) is 33.5 Å². The number of ether oxygens (including phenoxy) is 1. The highest BCUT2D eigenvalue weighted by Crippen LogP contribution is 2.31. The molecule has 0 spiro atoms. The van der Waals surface area contributed by atoms with E-state index in [4.69, 9.17) is 4.74 Å². The van der Waals surface area contributed by atoms with Gasteiger partial charge in [0, 0.05) is 11.9 Å². The largest absolute Gasteiger partial charge is 0.491 e. The maximum Gasteiger partial charge on any atom is 0.433 e. The molecule has 0 aliphatic heterocycles. The molecule has 0 saturated heterocycles. The van der Waals surface area contributed by atoms with Gasteiger partial charge in [-0.2, -0.15) is 13.2 Å². The van der Waals surface area contributed by atoms with E-state index >= 15 is 0 Å². The number of aliphatic hydroxyl groups excluding tert-OH is 1. The Kier molecular flexibility index (Phi) is 6.52. The minimum atomic E-state index is -4.52. The van der Waals surface area contributed by atoms with Crippen LogP contribution in [0.3, 0.4) is 0 Å². The number of aromatic nitrogens is 2. The van der Waals surface area contributed by atoms with E-state index in [0.717, 1.165) is 29.6 Å². The van der Waals surface area contributed by atoms with Crippen LogP contribution in [0.1, 0.15) is 32.0 Å². The Bertz CT molecular complexity index is 733. The molecule has 1 unspecified atom stereocenters. The summed E-state index contributed by atoms with van der Waals surface area (Å²) in [6, 6.07) is 8.38. The van der Waals surface area contributed by atoms with Crippen LogP contribution in [0.5, 0.6) is 5.75 Å². The van der Waals surface area contributed by atoms with E-state index in [2.05, 4.69) is 30.7 Å². The van der Waals surface area contributed by atoms with E-state index in [1.807, 2.05) is 24.3 Å². The second kappa shape index (κ2) is 8.26. The van der Waals surface area contributed by atoms with Crippen molar-refractivity contribution in [2.45, 2.75) is 43.6 Å². The Hall–Kier alpha value is -1.80. The second-order valence-electron chi connectivity index (χ2n) is 6.74. The van der Waals surface area contributed by atoms with Crippen molar-refractivity contribution in [1.29, 1.82) is 0 Å². The molecule has 0 aliphatic rings. The molecule has 0 fully saturated rings. The van der Waals surface area contributed by atoms with Gasteiger partial charge in [0.1, 0.15) is 18.1 Å². The van der Waals surface area contributed by atoms with Crippen molar-refractivity contribution in [3.63, 3.8) is 0 Å². The smallest absolute Gasteiger partial charge is 0.433 e. The Labute approximate surface area is 154 Å². The average Bonchev–Trinajstić information content (AvgIpc) is 2.57. The molecule has 142 valence electrons. The fourth-order valence-corrected chi connectivity index (χ4v) is 2.92. The molecule has 2 rings (SSSR count). The van der Waals surface area contributed by atoms with Crippen LogP contribution in [0, 0.1) is 0 Å². The lowest BCUT2D eigenvalue weighted by Crippen LogP contribution is -2.22. The molecule has 0 radical (unpaired) electrons. The molecule has 0 saturated carbocycles. The summed E-state index contributed by atoms with van der Waals surface area (Å²) in [5.74, 6) is 0.804. The topological polar surface area (TPSA) is 55.2 Å². The molecule has 1 N–H and O–H groups in total. The Morgan fingerprint density at radius 1 is 1.15 bits per heavy atom. The zero-order valence-corrected chi connectivity index (χ0v) is 15.6. The minimum Gasteiger partial charge on any atom is -0.491 e. The molecular weight excluding hydrogens is 365 g/mol. The van der Waals surface area contributed by atoms with Crippen LogP contribution in [0.15, 0.2) is 41.7 Å².